The van der Waals surface area contributed by atoms with Gasteiger partial charge >= 0.3 is 0 Å². The normalized spacial score (nSPS) is 11.0. The summed E-state index contributed by atoms with van der Waals surface area (Å²) in [7, 11) is 1.61. The molecule has 0 atom stereocenters. The molecule has 0 fully saturated rings. The number of allylic oxidation sites excluding steroid dienone is 1. The van der Waals surface area contributed by atoms with Crippen molar-refractivity contribution in [2.75, 3.05) is 25.1 Å². The van der Waals surface area contributed by atoms with Crippen molar-refractivity contribution in [3.8, 4) is 11.8 Å². The van der Waals surface area contributed by atoms with E-state index >= 15 is 0 Å². The van der Waals surface area contributed by atoms with Crippen LogP contribution in [-0.4, -0.2) is 20.2 Å². The molecule has 124 valence electrons. The summed E-state index contributed by atoms with van der Waals surface area (Å²) in [5, 5.41) is 9.43. The summed E-state index contributed by atoms with van der Waals surface area (Å²) in [5.41, 5.74) is 3.03. The molecule has 0 saturated heterocycles. The van der Waals surface area contributed by atoms with Gasteiger partial charge in [0.1, 0.15) is 11.6 Å². The molecule has 0 bridgehead atoms. The molecule has 0 aliphatic heterocycles. The predicted octanol–water partition coefficient (Wildman–Crippen LogP) is 4.74. The van der Waals surface area contributed by atoms with E-state index in [0.29, 0.717) is 16.9 Å². The Hall–Kier alpha value is -2.80. The lowest BCUT2D eigenvalue weighted by Crippen LogP contribution is -2.21. The molecule has 0 amide bonds. The molecule has 0 aliphatic carbocycles. The lowest BCUT2D eigenvalue weighted by molar-refractivity contribution is 0.414. The van der Waals surface area contributed by atoms with Gasteiger partial charge in [0, 0.05) is 30.4 Å². The number of nitrogens with zero attached hydrogens (tertiary/aromatic N) is 2. The van der Waals surface area contributed by atoms with Crippen molar-refractivity contribution in [3.63, 3.8) is 0 Å². The molecular formula is C20H21FN2O. The van der Waals surface area contributed by atoms with Crippen molar-refractivity contribution in [2.45, 2.75) is 13.8 Å². The Labute approximate surface area is 142 Å². The summed E-state index contributed by atoms with van der Waals surface area (Å²) in [6.45, 7) is 6.03. The van der Waals surface area contributed by atoms with Gasteiger partial charge in [-0.1, -0.05) is 12.1 Å². The van der Waals surface area contributed by atoms with Crippen LogP contribution in [0, 0.1) is 17.1 Å². The molecule has 4 heteroatoms. The van der Waals surface area contributed by atoms with Crippen LogP contribution in [0.4, 0.5) is 10.1 Å². The van der Waals surface area contributed by atoms with Crippen LogP contribution < -0.4 is 9.64 Å². The summed E-state index contributed by atoms with van der Waals surface area (Å²) in [6, 6.07) is 14.0. The van der Waals surface area contributed by atoms with E-state index in [1.54, 1.807) is 25.3 Å². The topological polar surface area (TPSA) is 36.3 Å². The van der Waals surface area contributed by atoms with Crippen molar-refractivity contribution in [1.82, 2.24) is 0 Å². The van der Waals surface area contributed by atoms with Crippen LogP contribution >= 0.6 is 0 Å². The first-order valence-electron chi connectivity index (χ1n) is 7.93. The monoisotopic (exact) mass is 324 g/mol. The molecule has 0 saturated carbocycles. The van der Waals surface area contributed by atoms with Crippen molar-refractivity contribution in [3.05, 3.63) is 59.4 Å². The predicted molar refractivity (Wildman–Crippen MR) is 96.4 cm³/mol. The van der Waals surface area contributed by atoms with Crippen LogP contribution in [0.15, 0.2) is 42.5 Å². The van der Waals surface area contributed by atoms with Crippen LogP contribution in [0.25, 0.3) is 11.6 Å². The first kappa shape index (κ1) is 17.6. The summed E-state index contributed by atoms with van der Waals surface area (Å²) in [5.74, 6) is 0.381. The number of halogens is 1. The third kappa shape index (κ3) is 3.94. The minimum Gasteiger partial charge on any atom is -0.496 e. The van der Waals surface area contributed by atoms with Crippen molar-refractivity contribution in [1.29, 1.82) is 5.26 Å². The van der Waals surface area contributed by atoms with Gasteiger partial charge in [0.25, 0.3) is 0 Å². The second-order valence-corrected chi connectivity index (χ2v) is 5.28. The van der Waals surface area contributed by atoms with Crippen LogP contribution in [-0.2, 0) is 0 Å². The van der Waals surface area contributed by atoms with E-state index in [4.69, 9.17) is 4.74 Å². The van der Waals surface area contributed by atoms with Gasteiger partial charge in [0.05, 0.1) is 18.8 Å². The minimum atomic E-state index is -0.322. The Morgan fingerprint density at radius 1 is 1.17 bits per heavy atom. The van der Waals surface area contributed by atoms with Gasteiger partial charge in [0.2, 0.25) is 0 Å². The number of anilines is 1. The number of nitriles is 1. The summed E-state index contributed by atoms with van der Waals surface area (Å²) < 4.78 is 18.5. The quantitative estimate of drug-likeness (QED) is 0.568. The smallest absolute Gasteiger partial charge is 0.128 e. The number of hydrogen-bond acceptors (Lipinski definition) is 3. The maximum Gasteiger partial charge on any atom is 0.128 e. The summed E-state index contributed by atoms with van der Waals surface area (Å²) in [4.78, 5) is 2.22. The van der Waals surface area contributed by atoms with Gasteiger partial charge in [-0.05, 0) is 49.8 Å². The third-order valence-corrected chi connectivity index (χ3v) is 3.92. The molecule has 0 radical (unpaired) electrons. The Balaban J connectivity index is 2.43. The molecule has 2 aromatic rings. The number of methoxy groups -OCH3 is 1. The van der Waals surface area contributed by atoms with Crippen molar-refractivity contribution < 1.29 is 9.13 Å². The van der Waals surface area contributed by atoms with E-state index in [1.165, 1.54) is 12.1 Å². The van der Waals surface area contributed by atoms with Crippen LogP contribution in [0.1, 0.15) is 25.0 Å². The molecule has 2 rings (SSSR count). The second-order valence-electron chi connectivity index (χ2n) is 5.28. The highest BCUT2D eigenvalue weighted by Crippen LogP contribution is 2.29. The maximum atomic E-state index is 13.1. The van der Waals surface area contributed by atoms with Gasteiger partial charge in [-0.25, -0.2) is 4.39 Å². The Bertz CT molecular complexity index is 756. The Morgan fingerprint density at radius 2 is 1.83 bits per heavy atom. The molecule has 0 aliphatic rings. The SMILES string of the molecule is CCN(CC)c1ccc(/C=C(/C#N)c2ccc(F)cc2)c(OC)c1. The average Bonchev–Trinajstić information content (AvgIpc) is 2.62. The van der Waals surface area contributed by atoms with Gasteiger partial charge in [-0.15, -0.1) is 0 Å². The zero-order chi connectivity index (χ0) is 17.5. The molecule has 0 aromatic heterocycles. The highest BCUT2D eigenvalue weighted by Gasteiger charge is 2.09. The third-order valence-electron chi connectivity index (χ3n) is 3.92. The molecule has 0 spiro atoms. The van der Waals surface area contributed by atoms with E-state index in [-0.39, 0.29) is 5.82 Å². The lowest BCUT2D eigenvalue weighted by Gasteiger charge is -2.22. The molecular weight excluding hydrogens is 303 g/mol. The fraction of sp³-hybridized carbons (Fsp3) is 0.250. The first-order chi connectivity index (χ1) is 11.6. The number of rotatable bonds is 6. The van der Waals surface area contributed by atoms with Gasteiger partial charge in [-0.3, -0.25) is 0 Å². The molecule has 0 heterocycles. The first-order valence-corrected chi connectivity index (χ1v) is 7.93. The fourth-order valence-corrected chi connectivity index (χ4v) is 2.57. The molecule has 3 nitrogen and oxygen atoms in total. The van der Waals surface area contributed by atoms with Gasteiger partial charge < -0.3 is 9.64 Å². The van der Waals surface area contributed by atoms with Crippen LogP contribution in [0.5, 0.6) is 5.75 Å². The lowest BCUT2D eigenvalue weighted by atomic mass is 10.0. The second kappa shape index (κ2) is 8.16. The Kier molecular flexibility index (Phi) is 5.97. The molecule has 2 aromatic carbocycles. The molecule has 0 unspecified atom stereocenters. The summed E-state index contributed by atoms with van der Waals surface area (Å²) >= 11 is 0. The fourth-order valence-electron chi connectivity index (χ4n) is 2.57. The largest absolute Gasteiger partial charge is 0.496 e. The minimum absolute atomic E-state index is 0.322. The highest BCUT2D eigenvalue weighted by atomic mass is 19.1. The summed E-state index contributed by atoms with van der Waals surface area (Å²) in [6.07, 6.45) is 1.76. The number of benzene rings is 2. The zero-order valence-electron chi connectivity index (χ0n) is 14.2. The average molecular weight is 324 g/mol. The van der Waals surface area contributed by atoms with E-state index in [1.807, 2.05) is 18.2 Å². The molecule has 0 N–H and O–H groups in total. The van der Waals surface area contributed by atoms with E-state index < -0.39 is 0 Å². The standard InChI is InChI=1S/C20H21FN2O/c1-4-23(5-2)19-11-8-16(20(13-19)24-3)12-17(14-22)15-6-9-18(21)10-7-15/h6-13H,4-5H2,1-3H3/b17-12-. The number of hydrogen-bond donors (Lipinski definition) is 0. The van der Waals surface area contributed by atoms with Crippen molar-refractivity contribution >= 4 is 17.3 Å². The highest BCUT2D eigenvalue weighted by molar-refractivity contribution is 5.90. The van der Waals surface area contributed by atoms with Gasteiger partial charge in [-0.2, -0.15) is 5.26 Å². The van der Waals surface area contributed by atoms with E-state index in [2.05, 4.69) is 24.8 Å². The van der Waals surface area contributed by atoms with Crippen LogP contribution in [0.2, 0.25) is 0 Å². The van der Waals surface area contributed by atoms with Crippen molar-refractivity contribution in [2.24, 2.45) is 0 Å². The number of ether oxygens (including phenoxy) is 1. The molecule has 24 heavy (non-hydrogen) atoms. The zero-order valence-corrected chi connectivity index (χ0v) is 14.2. The maximum absolute atomic E-state index is 13.1. The Morgan fingerprint density at radius 3 is 2.38 bits per heavy atom. The van der Waals surface area contributed by atoms with Gasteiger partial charge in [0.15, 0.2) is 0 Å². The van der Waals surface area contributed by atoms with E-state index in [9.17, 15) is 9.65 Å². The van der Waals surface area contributed by atoms with E-state index in [0.717, 1.165) is 24.3 Å². The van der Waals surface area contributed by atoms with Crippen LogP contribution in [0.3, 0.4) is 0 Å².